The van der Waals surface area contributed by atoms with Gasteiger partial charge in [0.1, 0.15) is 6.54 Å². The number of nitrogens with zero attached hydrogens (tertiary/aromatic N) is 2. The van der Waals surface area contributed by atoms with E-state index in [9.17, 15) is 13.2 Å². The molecule has 1 aromatic rings. The van der Waals surface area contributed by atoms with Crippen molar-refractivity contribution in [1.82, 2.24) is 4.90 Å². The van der Waals surface area contributed by atoms with E-state index in [4.69, 9.17) is 9.44 Å². The lowest BCUT2D eigenvalue weighted by Crippen LogP contribution is -2.47. The van der Waals surface area contributed by atoms with E-state index in [-0.39, 0.29) is 31.0 Å². The topological polar surface area (TPSA) is 87.5 Å². The van der Waals surface area contributed by atoms with Crippen molar-refractivity contribution in [3.05, 3.63) is 35.9 Å². The minimum Gasteiger partial charge on any atom is -0.322 e. The van der Waals surface area contributed by atoms with Crippen LogP contribution in [0.3, 0.4) is 0 Å². The van der Waals surface area contributed by atoms with Gasteiger partial charge in [-0.25, -0.2) is 0 Å². The molecule has 0 unspecified atom stereocenters. The molecule has 7 heteroatoms. The molecule has 24 heavy (non-hydrogen) atoms. The van der Waals surface area contributed by atoms with Gasteiger partial charge in [0.25, 0.3) is 16.0 Å². The van der Waals surface area contributed by atoms with Crippen molar-refractivity contribution in [2.45, 2.75) is 31.7 Å². The molecule has 2 rings (SSSR count). The Morgan fingerprint density at radius 1 is 1.29 bits per heavy atom. The number of rotatable bonds is 6. The van der Waals surface area contributed by atoms with E-state index in [2.05, 4.69) is 6.07 Å². The van der Waals surface area contributed by atoms with Crippen LogP contribution in [0.2, 0.25) is 0 Å². The average molecular weight is 350 g/mol. The predicted molar refractivity (Wildman–Crippen MR) is 89.6 cm³/mol. The van der Waals surface area contributed by atoms with Crippen molar-refractivity contribution >= 4 is 16.0 Å². The number of benzene rings is 1. The van der Waals surface area contributed by atoms with Gasteiger partial charge in [-0.1, -0.05) is 31.0 Å². The minimum atomic E-state index is -3.53. The van der Waals surface area contributed by atoms with Crippen LogP contribution >= 0.6 is 0 Å². The number of nitriles is 1. The molecule has 0 bridgehead atoms. The maximum atomic E-state index is 12.8. The van der Waals surface area contributed by atoms with Crippen LogP contribution in [0.25, 0.3) is 0 Å². The lowest BCUT2D eigenvalue weighted by molar-refractivity contribution is 0.0506. The van der Waals surface area contributed by atoms with E-state index in [1.54, 1.807) is 29.2 Å². The van der Waals surface area contributed by atoms with E-state index < -0.39 is 10.1 Å². The summed E-state index contributed by atoms with van der Waals surface area (Å²) in [5, 5.41) is 9.14. The molecule has 0 spiro atoms. The number of hydrogen-bond donors (Lipinski definition) is 0. The molecular formula is C17H22N2O4S. The van der Waals surface area contributed by atoms with E-state index in [1.807, 2.05) is 6.07 Å². The van der Waals surface area contributed by atoms with Crippen LogP contribution < -0.4 is 0 Å². The number of amides is 1. The second-order valence-corrected chi connectivity index (χ2v) is 7.70. The Kier molecular flexibility index (Phi) is 6.35. The fraction of sp³-hybridized carbons (Fsp3) is 0.529. The van der Waals surface area contributed by atoms with Gasteiger partial charge in [0.15, 0.2) is 0 Å². The first-order valence-corrected chi connectivity index (χ1v) is 9.81. The van der Waals surface area contributed by atoms with Gasteiger partial charge in [0, 0.05) is 17.5 Å². The van der Waals surface area contributed by atoms with Crippen molar-refractivity contribution < 1.29 is 17.4 Å². The summed E-state index contributed by atoms with van der Waals surface area (Å²) < 4.78 is 27.5. The molecule has 2 atom stereocenters. The smallest absolute Gasteiger partial charge is 0.264 e. The molecule has 6 nitrogen and oxygen atoms in total. The number of carbonyl (C=O) groups excluding carboxylic acids is 1. The summed E-state index contributed by atoms with van der Waals surface area (Å²) in [7, 11) is -3.53. The zero-order chi connectivity index (χ0) is 17.6. The van der Waals surface area contributed by atoms with Crippen molar-refractivity contribution in [2.75, 3.05) is 19.4 Å². The predicted octanol–water partition coefficient (Wildman–Crippen LogP) is 2.19. The fourth-order valence-electron chi connectivity index (χ4n) is 3.17. The molecule has 0 aliphatic heterocycles. The van der Waals surface area contributed by atoms with Gasteiger partial charge in [-0.05, 0) is 25.0 Å². The molecule has 0 heterocycles. The van der Waals surface area contributed by atoms with Gasteiger partial charge in [-0.3, -0.25) is 8.98 Å². The van der Waals surface area contributed by atoms with Crippen molar-refractivity contribution in [3.8, 4) is 6.07 Å². The molecule has 1 aliphatic rings. The van der Waals surface area contributed by atoms with Crippen LogP contribution in [0.15, 0.2) is 30.3 Å². The maximum Gasteiger partial charge on any atom is 0.264 e. The molecule has 0 aromatic heterocycles. The Labute approximate surface area is 143 Å². The van der Waals surface area contributed by atoms with Gasteiger partial charge < -0.3 is 4.90 Å². The Balaban J connectivity index is 2.20. The lowest BCUT2D eigenvalue weighted by atomic mass is 9.83. The highest BCUT2D eigenvalue weighted by molar-refractivity contribution is 7.85. The number of hydrogen-bond acceptors (Lipinski definition) is 5. The standard InChI is InChI=1S/C17H22N2O4S/c1-24(21,22)23-13-15-9-5-6-10-16(15)19(12-11-18)17(20)14-7-3-2-4-8-14/h2-4,7-8,15-16H,5-6,9-10,12-13H2,1H3/t15-,16+/m0/s1. The molecule has 1 saturated carbocycles. The first-order valence-electron chi connectivity index (χ1n) is 8.00. The maximum absolute atomic E-state index is 12.8. The molecular weight excluding hydrogens is 328 g/mol. The average Bonchev–Trinajstić information content (AvgIpc) is 2.58. The summed E-state index contributed by atoms with van der Waals surface area (Å²) >= 11 is 0. The lowest BCUT2D eigenvalue weighted by Gasteiger charge is -2.38. The third kappa shape index (κ3) is 5.05. The van der Waals surface area contributed by atoms with E-state index in [1.165, 1.54) is 0 Å². The largest absolute Gasteiger partial charge is 0.322 e. The van der Waals surface area contributed by atoms with Gasteiger partial charge >= 0.3 is 0 Å². The molecule has 0 radical (unpaired) electrons. The zero-order valence-electron chi connectivity index (χ0n) is 13.7. The van der Waals surface area contributed by atoms with Crippen LogP contribution in [0.5, 0.6) is 0 Å². The Morgan fingerprint density at radius 2 is 1.96 bits per heavy atom. The van der Waals surface area contributed by atoms with E-state index >= 15 is 0 Å². The van der Waals surface area contributed by atoms with Crippen LogP contribution in [-0.2, 0) is 14.3 Å². The Bertz CT molecular complexity index is 697. The Morgan fingerprint density at radius 3 is 2.58 bits per heavy atom. The fourth-order valence-corrected chi connectivity index (χ4v) is 3.59. The summed E-state index contributed by atoms with van der Waals surface area (Å²) in [5.41, 5.74) is 0.529. The SMILES string of the molecule is CS(=O)(=O)OC[C@@H]1CCCC[C@H]1N(CC#N)C(=O)c1ccccc1. The highest BCUT2D eigenvalue weighted by Crippen LogP contribution is 2.30. The van der Waals surface area contributed by atoms with Crippen molar-refractivity contribution in [1.29, 1.82) is 5.26 Å². The second-order valence-electron chi connectivity index (χ2n) is 6.06. The van der Waals surface area contributed by atoms with Gasteiger partial charge in [0.2, 0.25) is 0 Å². The first kappa shape index (κ1) is 18.4. The quantitative estimate of drug-likeness (QED) is 0.580. The van der Waals surface area contributed by atoms with Crippen molar-refractivity contribution in [3.63, 3.8) is 0 Å². The van der Waals surface area contributed by atoms with Gasteiger partial charge in [0.05, 0.1) is 18.9 Å². The summed E-state index contributed by atoms with van der Waals surface area (Å²) in [5.74, 6) is -0.289. The van der Waals surface area contributed by atoms with Crippen LogP contribution in [0.4, 0.5) is 0 Å². The Hall–Kier alpha value is -1.91. The van der Waals surface area contributed by atoms with Gasteiger partial charge in [-0.15, -0.1) is 0 Å². The molecule has 130 valence electrons. The van der Waals surface area contributed by atoms with E-state index in [0.29, 0.717) is 5.56 Å². The summed E-state index contributed by atoms with van der Waals surface area (Å²) in [6.07, 6.45) is 4.47. The summed E-state index contributed by atoms with van der Waals surface area (Å²) in [6.45, 7) is 0.0290. The highest BCUT2D eigenvalue weighted by Gasteiger charge is 2.34. The summed E-state index contributed by atoms with van der Waals surface area (Å²) in [6, 6.07) is 10.7. The van der Waals surface area contributed by atoms with Crippen LogP contribution in [0.1, 0.15) is 36.0 Å². The molecule has 1 amide bonds. The monoisotopic (exact) mass is 350 g/mol. The third-order valence-corrected chi connectivity index (χ3v) is 4.85. The van der Waals surface area contributed by atoms with Crippen LogP contribution in [-0.4, -0.2) is 44.7 Å². The highest BCUT2D eigenvalue weighted by atomic mass is 32.2. The molecule has 1 aromatic carbocycles. The molecule has 1 aliphatic carbocycles. The van der Waals surface area contributed by atoms with Crippen LogP contribution in [0, 0.1) is 17.2 Å². The molecule has 0 N–H and O–H groups in total. The summed E-state index contributed by atoms with van der Waals surface area (Å²) in [4.78, 5) is 14.4. The first-order chi connectivity index (χ1) is 11.4. The van der Waals surface area contributed by atoms with Gasteiger partial charge in [-0.2, -0.15) is 13.7 Å². The van der Waals surface area contributed by atoms with E-state index in [0.717, 1.165) is 31.9 Å². The normalized spacial score (nSPS) is 21.0. The third-order valence-electron chi connectivity index (χ3n) is 4.29. The molecule has 0 saturated heterocycles. The second kappa shape index (κ2) is 8.27. The molecule has 1 fully saturated rings. The van der Waals surface area contributed by atoms with Crippen molar-refractivity contribution in [2.24, 2.45) is 5.92 Å². The number of carbonyl (C=O) groups is 1. The minimum absolute atomic E-state index is 0.0201. The zero-order valence-corrected chi connectivity index (χ0v) is 14.5.